The number of phenolic OH excluding ortho intramolecular Hbond substituents is 2. The lowest BCUT2D eigenvalue weighted by atomic mass is 9.72. The Morgan fingerprint density at radius 1 is 0.909 bits per heavy atom. The lowest BCUT2D eigenvalue weighted by Crippen LogP contribution is -2.54. The second kappa shape index (κ2) is 8.92. The quantitative estimate of drug-likeness (QED) is 0.295. The first kappa shape index (κ1) is 22.9. The van der Waals surface area contributed by atoms with Gasteiger partial charge in [0.1, 0.15) is 0 Å². The second-order valence-corrected chi connectivity index (χ2v) is 8.76. The van der Waals surface area contributed by atoms with Crippen LogP contribution in [0.3, 0.4) is 0 Å². The molecule has 1 aliphatic carbocycles. The second-order valence-electron chi connectivity index (χ2n) is 8.45. The van der Waals surface area contributed by atoms with Crippen LogP contribution in [0.5, 0.6) is 11.5 Å². The van der Waals surface area contributed by atoms with Gasteiger partial charge in [-0.15, -0.1) is 0 Å². The van der Waals surface area contributed by atoms with Crippen molar-refractivity contribution >= 4 is 24.4 Å². The number of amides is 2. The van der Waals surface area contributed by atoms with Crippen LogP contribution in [-0.2, 0) is 28.0 Å². The van der Waals surface area contributed by atoms with Gasteiger partial charge in [-0.2, -0.15) is 12.6 Å². The van der Waals surface area contributed by atoms with Crippen LogP contribution in [0.2, 0.25) is 0 Å². The van der Waals surface area contributed by atoms with Crippen molar-refractivity contribution in [2.24, 2.45) is 5.41 Å². The number of hydrogen-bond acceptors (Lipinski definition) is 6. The molecule has 7 heteroatoms. The zero-order valence-corrected chi connectivity index (χ0v) is 18.8. The van der Waals surface area contributed by atoms with Crippen molar-refractivity contribution in [3.05, 3.63) is 95.1 Å². The number of aliphatic hydroxyl groups is 1. The molecule has 0 bridgehead atoms. The molecule has 0 spiro atoms. The number of rotatable bonds is 5. The molecule has 0 saturated heterocycles. The molecule has 4 N–H and O–H groups in total. The van der Waals surface area contributed by atoms with Crippen LogP contribution in [-0.4, -0.2) is 32.9 Å². The number of nitrogens with one attached hydrogen (secondary N) is 1. The van der Waals surface area contributed by atoms with Gasteiger partial charge in [-0.1, -0.05) is 60.7 Å². The van der Waals surface area contributed by atoms with Crippen molar-refractivity contribution in [1.82, 2.24) is 5.32 Å². The normalized spacial score (nSPS) is 19.2. The van der Waals surface area contributed by atoms with E-state index < -0.39 is 28.6 Å². The molecular formula is C26H25NO5S. The Balaban J connectivity index is 1.69. The molecule has 2 amide bonds. The van der Waals surface area contributed by atoms with E-state index in [0.717, 1.165) is 11.6 Å². The third-order valence-electron chi connectivity index (χ3n) is 6.44. The summed E-state index contributed by atoms with van der Waals surface area (Å²) in [6.07, 6.45) is 1.65. The van der Waals surface area contributed by atoms with Crippen LogP contribution in [0, 0.1) is 5.41 Å². The molecule has 170 valence electrons. The van der Waals surface area contributed by atoms with Crippen molar-refractivity contribution in [3.8, 4) is 11.5 Å². The van der Waals surface area contributed by atoms with Crippen molar-refractivity contribution in [2.75, 3.05) is 5.75 Å². The molecule has 2 unspecified atom stereocenters. The summed E-state index contributed by atoms with van der Waals surface area (Å²) in [5.41, 5.74) is -0.719. The summed E-state index contributed by atoms with van der Waals surface area (Å²) in [6, 6.07) is 19.7. The van der Waals surface area contributed by atoms with Crippen LogP contribution in [0.4, 0.5) is 0 Å². The molecule has 4 rings (SSSR count). The molecule has 3 aromatic carbocycles. The van der Waals surface area contributed by atoms with Crippen LogP contribution in [0.25, 0.3) is 0 Å². The third-order valence-corrected chi connectivity index (χ3v) is 7.05. The Morgan fingerprint density at radius 2 is 1.58 bits per heavy atom. The number of aromatic hydroxyl groups is 2. The zero-order chi connectivity index (χ0) is 23.6. The molecule has 33 heavy (non-hydrogen) atoms. The zero-order valence-electron chi connectivity index (χ0n) is 17.9. The van der Waals surface area contributed by atoms with Crippen molar-refractivity contribution < 1.29 is 24.9 Å². The fraction of sp³-hybridized carbons (Fsp3) is 0.231. The Morgan fingerprint density at radius 3 is 2.24 bits per heavy atom. The summed E-state index contributed by atoms with van der Waals surface area (Å²) in [5, 5.41) is 33.7. The van der Waals surface area contributed by atoms with E-state index in [9.17, 15) is 24.9 Å². The molecule has 0 aromatic heterocycles. The Bertz CT molecular complexity index is 1200. The number of hydrogen-bond donors (Lipinski definition) is 5. The van der Waals surface area contributed by atoms with Crippen LogP contribution >= 0.6 is 12.6 Å². The van der Waals surface area contributed by atoms with Gasteiger partial charge >= 0.3 is 0 Å². The minimum Gasteiger partial charge on any atom is -0.504 e. The molecule has 2 atom stereocenters. The molecular weight excluding hydrogens is 438 g/mol. The molecule has 1 aliphatic rings. The molecule has 0 heterocycles. The maximum atomic E-state index is 13.5. The van der Waals surface area contributed by atoms with Gasteiger partial charge in [0.25, 0.3) is 5.91 Å². The fourth-order valence-corrected chi connectivity index (χ4v) is 4.80. The van der Waals surface area contributed by atoms with Crippen LogP contribution in [0.15, 0.2) is 72.8 Å². The molecule has 6 nitrogen and oxygen atoms in total. The highest BCUT2D eigenvalue weighted by molar-refractivity contribution is 7.80. The van der Waals surface area contributed by atoms with Crippen molar-refractivity contribution in [1.29, 1.82) is 0 Å². The smallest absolute Gasteiger partial charge is 0.267 e. The number of phenols is 2. The van der Waals surface area contributed by atoms with E-state index in [0.29, 0.717) is 19.3 Å². The van der Waals surface area contributed by atoms with Crippen LogP contribution in [0.1, 0.15) is 28.7 Å². The van der Waals surface area contributed by atoms with E-state index in [1.807, 2.05) is 24.3 Å². The summed E-state index contributed by atoms with van der Waals surface area (Å²) >= 11 is 4.44. The van der Waals surface area contributed by atoms with E-state index in [1.165, 1.54) is 17.7 Å². The predicted molar refractivity (Wildman–Crippen MR) is 127 cm³/mol. The Kier molecular flexibility index (Phi) is 6.19. The molecule has 3 aromatic rings. The van der Waals surface area contributed by atoms with Gasteiger partial charge in [0.2, 0.25) is 5.91 Å². The first-order valence-corrected chi connectivity index (χ1v) is 11.3. The van der Waals surface area contributed by atoms with Gasteiger partial charge in [0.15, 0.2) is 17.1 Å². The van der Waals surface area contributed by atoms with Gasteiger partial charge in [0, 0.05) is 11.3 Å². The number of fused-ring (bicyclic) bond motifs is 1. The van der Waals surface area contributed by atoms with Gasteiger partial charge in [-0.05, 0) is 48.1 Å². The minimum absolute atomic E-state index is 0.0169. The van der Waals surface area contributed by atoms with Gasteiger partial charge in [-0.3, -0.25) is 14.9 Å². The highest BCUT2D eigenvalue weighted by Gasteiger charge is 2.46. The highest BCUT2D eigenvalue weighted by atomic mass is 32.1. The third kappa shape index (κ3) is 4.10. The van der Waals surface area contributed by atoms with Crippen molar-refractivity contribution in [3.63, 3.8) is 0 Å². The maximum absolute atomic E-state index is 13.5. The molecule has 0 saturated carbocycles. The van der Waals surface area contributed by atoms with E-state index >= 15 is 0 Å². The first-order chi connectivity index (χ1) is 15.8. The number of carbonyl (C=O) groups is 2. The SMILES string of the molecule is O=C(NC(=O)C(O)(c1ccccc1)c1ccc(O)c(O)c1)C1(CS)CCc2ccccc2C1. The average Bonchev–Trinajstić information content (AvgIpc) is 2.85. The lowest BCUT2D eigenvalue weighted by Gasteiger charge is -2.36. The first-order valence-electron chi connectivity index (χ1n) is 10.6. The summed E-state index contributed by atoms with van der Waals surface area (Å²) in [6.45, 7) is 0. The van der Waals surface area contributed by atoms with E-state index in [2.05, 4.69) is 17.9 Å². The molecule has 0 radical (unpaired) electrons. The van der Waals surface area contributed by atoms with Gasteiger partial charge in [0.05, 0.1) is 5.41 Å². The maximum Gasteiger partial charge on any atom is 0.267 e. The summed E-state index contributed by atoms with van der Waals surface area (Å²) < 4.78 is 0. The summed E-state index contributed by atoms with van der Waals surface area (Å²) in [7, 11) is 0. The lowest BCUT2D eigenvalue weighted by molar-refractivity contribution is -0.145. The standard InChI is InChI=1S/C26H25NO5S/c28-21-11-10-20(14-22(21)29)26(32,19-8-2-1-3-9-19)24(31)27-23(30)25(16-33)13-12-17-6-4-5-7-18(17)15-25/h1-11,14,28-29,32-33H,12-13,15-16H2,(H,27,30,31). The van der Waals surface area contributed by atoms with E-state index in [-0.39, 0.29) is 22.6 Å². The summed E-state index contributed by atoms with van der Waals surface area (Å²) in [4.78, 5) is 26.9. The number of benzene rings is 3. The van der Waals surface area contributed by atoms with Crippen LogP contribution < -0.4 is 5.32 Å². The number of imide groups is 1. The molecule has 0 aliphatic heterocycles. The number of aryl methyl sites for hydroxylation is 1. The predicted octanol–water partition coefficient (Wildman–Crippen LogP) is 3.08. The topological polar surface area (TPSA) is 107 Å². The van der Waals surface area contributed by atoms with E-state index in [4.69, 9.17) is 0 Å². The molecule has 0 fully saturated rings. The largest absolute Gasteiger partial charge is 0.504 e. The van der Waals surface area contributed by atoms with Gasteiger partial charge in [-0.25, -0.2) is 0 Å². The summed E-state index contributed by atoms with van der Waals surface area (Å²) in [5.74, 6) is -2.08. The fourth-order valence-electron chi connectivity index (χ4n) is 4.38. The average molecular weight is 464 g/mol. The highest BCUT2D eigenvalue weighted by Crippen LogP contribution is 2.39. The van der Waals surface area contributed by atoms with E-state index in [1.54, 1.807) is 30.3 Å². The monoisotopic (exact) mass is 463 g/mol. The number of carbonyl (C=O) groups excluding carboxylic acids is 2. The van der Waals surface area contributed by atoms with Gasteiger partial charge < -0.3 is 15.3 Å². The Labute approximate surface area is 197 Å². The van der Waals surface area contributed by atoms with Crippen molar-refractivity contribution in [2.45, 2.75) is 24.9 Å². The minimum atomic E-state index is -2.27. The Hall–Kier alpha value is -3.29. The number of thiol groups is 1.